The Labute approximate surface area is 219 Å². The number of alkyl halides is 3. The van der Waals surface area contributed by atoms with Crippen molar-refractivity contribution in [3.05, 3.63) is 64.7 Å². The number of hydrogen-bond donors (Lipinski definition) is 3. The summed E-state index contributed by atoms with van der Waals surface area (Å²) in [5, 5.41) is 5.34. The van der Waals surface area contributed by atoms with Gasteiger partial charge in [-0.15, -0.1) is 0 Å². The number of aryl methyl sites for hydroxylation is 2. The summed E-state index contributed by atoms with van der Waals surface area (Å²) in [4.78, 5) is 43.5. The first-order valence-corrected chi connectivity index (χ1v) is 12.6. The molecule has 1 heterocycles. The van der Waals surface area contributed by atoms with Gasteiger partial charge in [0.15, 0.2) is 0 Å². The van der Waals surface area contributed by atoms with E-state index in [9.17, 15) is 27.6 Å². The highest BCUT2D eigenvalue weighted by Gasteiger charge is 2.41. The van der Waals surface area contributed by atoms with Gasteiger partial charge in [0.1, 0.15) is 0 Å². The number of benzodiazepines with no additional fused rings is 1. The zero-order chi connectivity index (χ0) is 27.6. The minimum atomic E-state index is -4.52. The third kappa shape index (κ3) is 6.59. The predicted molar refractivity (Wildman–Crippen MR) is 137 cm³/mol. The maximum Gasteiger partial charge on any atom is 0.389 e. The van der Waals surface area contributed by atoms with E-state index in [1.54, 1.807) is 6.07 Å². The number of fused-ring (bicyclic) bond motifs is 1. The molecule has 1 aliphatic carbocycles. The van der Waals surface area contributed by atoms with E-state index in [1.807, 2.05) is 50.2 Å². The molecule has 3 amide bonds. The van der Waals surface area contributed by atoms with Crippen LogP contribution in [0.4, 0.5) is 18.9 Å². The zero-order valence-corrected chi connectivity index (χ0v) is 21.3. The number of benzene rings is 2. The van der Waals surface area contributed by atoms with Crippen molar-refractivity contribution in [3.8, 4) is 0 Å². The Kier molecular flexibility index (Phi) is 7.89. The second-order valence-corrected chi connectivity index (χ2v) is 10.2. The molecular formula is C28H31F3N4O3. The third-order valence-electron chi connectivity index (χ3n) is 7.06. The number of para-hydroxylation sites is 1. The lowest BCUT2D eigenvalue weighted by Gasteiger charge is -2.26. The Morgan fingerprint density at radius 1 is 1.13 bits per heavy atom. The van der Waals surface area contributed by atoms with Crippen LogP contribution in [-0.2, 0) is 14.4 Å². The molecule has 4 rings (SSSR count). The third-order valence-corrected chi connectivity index (χ3v) is 7.06. The van der Waals surface area contributed by atoms with Crippen molar-refractivity contribution < 1.29 is 27.6 Å². The first-order valence-electron chi connectivity index (χ1n) is 12.6. The van der Waals surface area contributed by atoms with Crippen molar-refractivity contribution in [1.82, 2.24) is 5.32 Å². The van der Waals surface area contributed by atoms with Crippen LogP contribution in [0.1, 0.15) is 54.4 Å². The molecule has 4 N–H and O–H groups in total. The van der Waals surface area contributed by atoms with Crippen LogP contribution in [0.25, 0.3) is 0 Å². The number of halogens is 3. The highest BCUT2D eigenvalue weighted by Crippen LogP contribution is 2.39. The number of nitrogens with two attached hydrogens (primary N) is 1. The molecule has 202 valence electrons. The minimum Gasteiger partial charge on any atom is -0.369 e. The average molecular weight is 529 g/mol. The maximum absolute atomic E-state index is 13.4. The highest BCUT2D eigenvalue weighted by molar-refractivity contribution is 6.20. The Balaban J connectivity index is 1.69. The zero-order valence-electron chi connectivity index (χ0n) is 21.3. The van der Waals surface area contributed by atoms with Gasteiger partial charge >= 0.3 is 6.18 Å². The molecule has 1 aliphatic heterocycles. The molecule has 3 atom stereocenters. The number of nitrogens with one attached hydrogen (secondary N) is 2. The number of anilines is 1. The van der Waals surface area contributed by atoms with E-state index in [1.165, 1.54) is 0 Å². The highest BCUT2D eigenvalue weighted by atomic mass is 19.4. The lowest BCUT2D eigenvalue weighted by molar-refractivity contribution is -0.146. The molecule has 1 fully saturated rings. The molecule has 1 saturated carbocycles. The van der Waals surface area contributed by atoms with E-state index in [0.717, 1.165) is 24.0 Å². The smallest absolute Gasteiger partial charge is 0.369 e. The topological polar surface area (TPSA) is 114 Å². The van der Waals surface area contributed by atoms with Crippen molar-refractivity contribution in [2.24, 2.45) is 28.5 Å². The van der Waals surface area contributed by atoms with E-state index in [2.05, 4.69) is 15.6 Å². The lowest BCUT2D eigenvalue weighted by atomic mass is 9.83. The van der Waals surface area contributed by atoms with Crippen molar-refractivity contribution in [2.75, 3.05) is 5.32 Å². The molecule has 10 heteroatoms. The first kappa shape index (κ1) is 27.3. The fraction of sp³-hybridized carbons (Fsp3) is 0.429. The Hall–Kier alpha value is -3.69. The van der Waals surface area contributed by atoms with E-state index in [0.29, 0.717) is 22.5 Å². The van der Waals surface area contributed by atoms with Gasteiger partial charge < -0.3 is 16.4 Å². The van der Waals surface area contributed by atoms with Gasteiger partial charge in [-0.2, -0.15) is 13.2 Å². The van der Waals surface area contributed by atoms with Gasteiger partial charge in [-0.25, -0.2) is 4.99 Å². The van der Waals surface area contributed by atoms with E-state index in [-0.39, 0.29) is 12.3 Å². The lowest BCUT2D eigenvalue weighted by Crippen LogP contribution is -2.48. The molecule has 38 heavy (non-hydrogen) atoms. The molecule has 2 aliphatic rings. The molecule has 0 spiro atoms. The fourth-order valence-electron chi connectivity index (χ4n) is 4.87. The van der Waals surface area contributed by atoms with Crippen LogP contribution < -0.4 is 16.4 Å². The summed E-state index contributed by atoms with van der Waals surface area (Å²) in [6.45, 7) is 3.74. The number of aliphatic imine (C=N–C) groups is 1. The van der Waals surface area contributed by atoms with Gasteiger partial charge in [-0.3, -0.25) is 14.4 Å². The minimum absolute atomic E-state index is 0.151. The number of carbonyl (C=O) groups is 3. The molecule has 2 aromatic carbocycles. The van der Waals surface area contributed by atoms with Gasteiger partial charge in [-0.05, 0) is 44.2 Å². The Morgan fingerprint density at radius 3 is 2.47 bits per heavy atom. The van der Waals surface area contributed by atoms with Crippen molar-refractivity contribution in [2.45, 2.75) is 58.3 Å². The van der Waals surface area contributed by atoms with Crippen LogP contribution in [0.2, 0.25) is 0 Å². The summed E-state index contributed by atoms with van der Waals surface area (Å²) < 4.78 is 39.4. The molecular weight excluding hydrogens is 497 g/mol. The molecule has 0 radical (unpaired) electrons. The monoisotopic (exact) mass is 528 g/mol. The number of amides is 3. The van der Waals surface area contributed by atoms with Crippen LogP contribution in [-0.4, -0.2) is 35.8 Å². The largest absolute Gasteiger partial charge is 0.389 e. The van der Waals surface area contributed by atoms with Gasteiger partial charge in [0.05, 0.1) is 11.4 Å². The predicted octanol–water partition coefficient (Wildman–Crippen LogP) is 4.40. The van der Waals surface area contributed by atoms with Gasteiger partial charge in [-0.1, -0.05) is 54.8 Å². The standard InChI is InChI=1S/C28H31F3N4O3/c1-15-5-3-7-18(13-15)23-20-8-4-6-16(2)22(20)34-27(38)25(33-23)35-26(37)19(11-12-28(29,30)31)21(24(32)36)14-17-9-10-17/h3-8,13,17,19,21,25H,9-12,14H2,1-2H3,(H2,32,36)(H,34,38)(H,35,37)/t19-,21+,25-/m1/s1. The SMILES string of the molecule is Cc1cccc(C2=N[C@H](NC(=O)[C@H](CCC(F)(F)F)[C@H](CC3CC3)C(N)=O)C(=O)Nc3c(C)cccc32)c1. The summed E-state index contributed by atoms with van der Waals surface area (Å²) >= 11 is 0. The summed E-state index contributed by atoms with van der Waals surface area (Å²) in [5.41, 5.74) is 9.65. The van der Waals surface area contributed by atoms with Gasteiger partial charge in [0.2, 0.25) is 18.0 Å². The van der Waals surface area contributed by atoms with Crippen LogP contribution >= 0.6 is 0 Å². The Bertz CT molecular complexity index is 1270. The molecule has 0 saturated heterocycles. The van der Waals surface area contributed by atoms with E-state index < -0.39 is 54.7 Å². The Morgan fingerprint density at radius 2 is 1.84 bits per heavy atom. The number of carbonyl (C=O) groups excluding carboxylic acids is 3. The summed E-state index contributed by atoms with van der Waals surface area (Å²) in [5.74, 6) is -4.57. The van der Waals surface area contributed by atoms with E-state index in [4.69, 9.17) is 5.73 Å². The van der Waals surface area contributed by atoms with Crippen molar-refractivity contribution in [3.63, 3.8) is 0 Å². The molecule has 0 unspecified atom stereocenters. The summed E-state index contributed by atoms with van der Waals surface area (Å²) in [7, 11) is 0. The van der Waals surface area contributed by atoms with Crippen LogP contribution in [0, 0.1) is 31.6 Å². The number of primary amides is 1. The first-order chi connectivity index (χ1) is 17.9. The fourth-order valence-corrected chi connectivity index (χ4v) is 4.87. The summed E-state index contributed by atoms with van der Waals surface area (Å²) in [6, 6.07) is 12.9. The number of nitrogens with zero attached hydrogens (tertiary/aromatic N) is 1. The van der Waals surface area contributed by atoms with Gasteiger partial charge in [0.25, 0.3) is 5.91 Å². The molecule has 2 aromatic rings. The number of hydrogen-bond acceptors (Lipinski definition) is 4. The van der Waals surface area contributed by atoms with Crippen LogP contribution in [0.15, 0.2) is 47.5 Å². The normalized spacial score (nSPS) is 18.9. The van der Waals surface area contributed by atoms with Crippen LogP contribution in [0.5, 0.6) is 0 Å². The van der Waals surface area contributed by atoms with Crippen molar-refractivity contribution >= 4 is 29.1 Å². The quantitative estimate of drug-likeness (QED) is 0.448. The second kappa shape index (κ2) is 11.0. The van der Waals surface area contributed by atoms with Crippen molar-refractivity contribution in [1.29, 1.82) is 0 Å². The van der Waals surface area contributed by atoms with Gasteiger partial charge in [0, 0.05) is 29.4 Å². The van der Waals surface area contributed by atoms with Crippen LogP contribution in [0.3, 0.4) is 0 Å². The van der Waals surface area contributed by atoms with E-state index >= 15 is 0 Å². The average Bonchev–Trinajstić information content (AvgIpc) is 3.66. The molecule has 0 bridgehead atoms. The second-order valence-electron chi connectivity index (χ2n) is 10.2. The number of rotatable bonds is 9. The molecule has 0 aromatic heterocycles. The summed E-state index contributed by atoms with van der Waals surface area (Å²) in [6.07, 6.45) is -5.89. The maximum atomic E-state index is 13.4. The molecule has 7 nitrogen and oxygen atoms in total.